The van der Waals surface area contributed by atoms with Crippen LogP contribution in [0.1, 0.15) is 10.4 Å². The Morgan fingerprint density at radius 2 is 1.56 bits per heavy atom. The summed E-state index contributed by atoms with van der Waals surface area (Å²) in [6.07, 6.45) is 0. The lowest BCUT2D eigenvalue weighted by molar-refractivity contribution is -0.116. The quantitative estimate of drug-likeness (QED) is 0.739. The number of likely N-dealkylation sites (N-methyl/N-ethyl adjacent to an activating group) is 1. The molecule has 0 radical (unpaired) electrons. The van der Waals surface area contributed by atoms with Crippen LogP contribution in [0.5, 0.6) is 0 Å². The first-order valence-electron chi connectivity index (χ1n) is 8.49. The van der Waals surface area contributed by atoms with E-state index < -0.39 is 11.7 Å². The third-order valence-corrected chi connectivity index (χ3v) is 4.07. The van der Waals surface area contributed by atoms with Crippen molar-refractivity contribution in [1.29, 1.82) is 0 Å². The molecule has 1 N–H and O–H groups in total. The maximum absolute atomic E-state index is 13.2. The average Bonchev–Trinajstić information content (AvgIpc) is 2.68. The van der Waals surface area contributed by atoms with Crippen LogP contribution in [0.3, 0.4) is 0 Å². The number of benzene rings is 3. The zero-order chi connectivity index (χ0) is 19.2. The summed E-state index contributed by atoms with van der Waals surface area (Å²) in [6.45, 7) is -0.129. The Bertz CT molecular complexity index is 940. The minimum absolute atomic E-state index is 0.129. The number of carbonyl (C=O) groups is 2. The first-order chi connectivity index (χ1) is 13.0. The standard InChI is InChI=1S/C22H19FN2O2/c1-25(15-21(26)24-20-9-5-8-19(23)14-20)22(27)18-12-10-17(11-13-18)16-6-3-2-4-7-16/h2-14H,15H2,1H3,(H,24,26). The van der Waals surface area contributed by atoms with Crippen LogP contribution in [0.15, 0.2) is 78.9 Å². The molecule has 136 valence electrons. The summed E-state index contributed by atoms with van der Waals surface area (Å²) in [5.41, 5.74) is 2.93. The Morgan fingerprint density at radius 3 is 2.22 bits per heavy atom. The number of hydrogen-bond donors (Lipinski definition) is 1. The normalized spacial score (nSPS) is 10.3. The summed E-state index contributed by atoms with van der Waals surface area (Å²) in [5, 5.41) is 2.58. The summed E-state index contributed by atoms with van der Waals surface area (Å²) in [7, 11) is 1.55. The van der Waals surface area contributed by atoms with Crippen molar-refractivity contribution in [3.05, 3.63) is 90.2 Å². The molecule has 0 aliphatic heterocycles. The predicted octanol–water partition coefficient (Wildman–Crippen LogP) is 4.20. The van der Waals surface area contributed by atoms with Crippen molar-refractivity contribution in [3.63, 3.8) is 0 Å². The van der Waals surface area contributed by atoms with Gasteiger partial charge in [0.05, 0.1) is 6.54 Å². The second-order valence-electron chi connectivity index (χ2n) is 6.16. The molecule has 4 nitrogen and oxygen atoms in total. The van der Waals surface area contributed by atoms with E-state index in [0.29, 0.717) is 11.3 Å². The molecule has 0 saturated heterocycles. The minimum Gasteiger partial charge on any atom is -0.332 e. The molecule has 3 rings (SSSR count). The number of halogens is 1. The fourth-order valence-electron chi connectivity index (χ4n) is 2.71. The molecule has 0 heterocycles. The molecule has 0 aliphatic carbocycles. The molecule has 0 fully saturated rings. The molecule has 5 heteroatoms. The lowest BCUT2D eigenvalue weighted by atomic mass is 10.0. The fourth-order valence-corrected chi connectivity index (χ4v) is 2.71. The van der Waals surface area contributed by atoms with Crippen LogP contribution in [0, 0.1) is 5.82 Å². The summed E-state index contributed by atoms with van der Waals surface area (Å²) in [6, 6.07) is 22.7. The lowest BCUT2D eigenvalue weighted by Gasteiger charge is -2.17. The van der Waals surface area contributed by atoms with Crippen molar-refractivity contribution >= 4 is 17.5 Å². The molecular formula is C22H19FN2O2. The number of hydrogen-bond acceptors (Lipinski definition) is 2. The van der Waals surface area contributed by atoms with Crippen molar-refractivity contribution in [3.8, 4) is 11.1 Å². The van der Waals surface area contributed by atoms with Gasteiger partial charge in [0.2, 0.25) is 5.91 Å². The van der Waals surface area contributed by atoms with Gasteiger partial charge in [0, 0.05) is 18.3 Å². The molecule has 0 aliphatic rings. The highest BCUT2D eigenvalue weighted by atomic mass is 19.1. The van der Waals surface area contributed by atoms with Gasteiger partial charge in [-0.2, -0.15) is 0 Å². The molecule has 0 aromatic heterocycles. The highest BCUT2D eigenvalue weighted by molar-refractivity contribution is 5.99. The van der Waals surface area contributed by atoms with Crippen molar-refractivity contribution in [1.82, 2.24) is 4.90 Å². The Balaban J connectivity index is 1.62. The van der Waals surface area contributed by atoms with Crippen LogP contribution in [0.4, 0.5) is 10.1 Å². The van der Waals surface area contributed by atoms with Crippen molar-refractivity contribution in [2.75, 3.05) is 18.9 Å². The van der Waals surface area contributed by atoms with Crippen LogP contribution < -0.4 is 5.32 Å². The van der Waals surface area contributed by atoms with Crippen LogP contribution in [-0.4, -0.2) is 30.3 Å². The smallest absolute Gasteiger partial charge is 0.254 e. The molecule has 3 aromatic carbocycles. The number of amides is 2. The van der Waals surface area contributed by atoms with Crippen molar-refractivity contribution < 1.29 is 14.0 Å². The number of carbonyl (C=O) groups excluding carboxylic acids is 2. The van der Waals surface area contributed by atoms with Gasteiger partial charge in [-0.1, -0.05) is 48.5 Å². The van der Waals surface area contributed by atoms with Gasteiger partial charge < -0.3 is 10.2 Å². The minimum atomic E-state index is -0.435. The molecule has 3 aromatic rings. The zero-order valence-electron chi connectivity index (χ0n) is 14.9. The summed E-state index contributed by atoms with van der Waals surface area (Å²) >= 11 is 0. The number of anilines is 1. The first kappa shape index (κ1) is 18.3. The summed E-state index contributed by atoms with van der Waals surface area (Å²) in [5.74, 6) is -1.09. The molecule has 0 atom stereocenters. The highest BCUT2D eigenvalue weighted by Gasteiger charge is 2.15. The topological polar surface area (TPSA) is 49.4 Å². The summed E-state index contributed by atoms with van der Waals surface area (Å²) in [4.78, 5) is 25.9. The average molecular weight is 362 g/mol. The van der Waals surface area contributed by atoms with Gasteiger partial charge in [0.15, 0.2) is 0 Å². The SMILES string of the molecule is CN(CC(=O)Nc1cccc(F)c1)C(=O)c1ccc(-c2ccccc2)cc1. The number of rotatable bonds is 5. The van der Waals surface area contributed by atoms with E-state index in [1.807, 2.05) is 42.5 Å². The van der Waals surface area contributed by atoms with E-state index in [2.05, 4.69) is 5.32 Å². The van der Waals surface area contributed by atoms with E-state index in [0.717, 1.165) is 11.1 Å². The van der Waals surface area contributed by atoms with Gasteiger partial charge in [-0.15, -0.1) is 0 Å². The monoisotopic (exact) mass is 362 g/mol. The van der Waals surface area contributed by atoms with E-state index >= 15 is 0 Å². The Labute approximate surface area is 157 Å². The van der Waals surface area contributed by atoms with E-state index in [9.17, 15) is 14.0 Å². The second kappa shape index (κ2) is 8.27. The molecule has 0 bridgehead atoms. The van der Waals surface area contributed by atoms with Gasteiger partial charge in [-0.05, 0) is 41.5 Å². The Kier molecular flexibility index (Phi) is 5.61. The third kappa shape index (κ3) is 4.79. The fraction of sp³-hybridized carbons (Fsp3) is 0.0909. The third-order valence-electron chi connectivity index (χ3n) is 4.07. The predicted molar refractivity (Wildman–Crippen MR) is 104 cm³/mol. The summed E-state index contributed by atoms with van der Waals surface area (Å²) < 4.78 is 13.2. The van der Waals surface area contributed by atoms with E-state index in [1.165, 1.54) is 23.1 Å². The van der Waals surface area contributed by atoms with Crippen LogP contribution >= 0.6 is 0 Å². The molecule has 2 amide bonds. The number of nitrogens with one attached hydrogen (secondary N) is 1. The van der Waals surface area contributed by atoms with Gasteiger partial charge in [-0.3, -0.25) is 9.59 Å². The Morgan fingerprint density at radius 1 is 0.889 bits per heavy atom. The molecular weight excluding hydrogens is 343 g/mol. The van der Waals surface area contributed by atoms with Crippen molar-refractivity contribution in [2.24, 2.45) is 0 Å². The van der Waals surface area contributed by atoms with E-state index in [4.69, 9.17) is 0 Å². The van der Waals surface area contributed by atoms with Gasteiger partial charge >= 0.3 is 0 Å². The Hall–Kier alpha value is -3.47. The van der Waals surface area contributed by atoms with Crippen molar-refractivity contribution in [2.45, 2.75) is 0 Å². The maximum Gasteiger partial charge on any atom is 0.254 e. The van der Waals surface area contributed by atoms with E-state index in [1.54, 1.807) is 25.2 Å². The first-order valence-corrected chi connectivity index (χ1v) is 8.49. The number of nitrogens with zero attached hydrogens (tertiary/aromatic N) is 1. The maximum atomic E-state index is 13.2. The highest BCUT2D eigenvalue weighted by Crippen LogP contribution is 2.19. The second-order valence-corrected chi connectivity index (χ2v) is 6.16. The van der Waals surface area contributed by atoms with Gasteiger partial charge in [-0.25, -0.2) is 4.39 Å². The molecule has 0 spiro atoms. The molecule has 27 heavy (non-hydrogen) atoms. The van der Waals surface area contributed by atoms with Gasteiger partial charge in [0.25, 0.3) is 5.91 Å². The molecule has 0 saturated carbocycles. The van der Waals surface area contributed by atoms with Crippen LogP contribution in [0.25, 0.3) is 11.1 Å². The van der Waals surface area contributed by atoms with Crippen LogP contribution in [0.2, 0.25) is 0 Å². The van der Waals surface area contributed by atoms with Gasteiger partial charge in [0.1, 0.15) is 5.82 Å². The largest absolute Gasteiger partial charge is 0.332 e. The lowest BCUT2D eigenvalue weighted by Crippen LogP contribution is -2.34. The van der Waals surface area contributed by atoms with Crippen LogP contribution in [-0.2, 0) is 4.79 Å². The zero-order valence-corrected chi connectivity index (χ0v) is 14.9. The molecule has 0 unspecified atom stereocenters. The van der Waals surface area contributed by atoms with E-state index in [-0.39, 0.29) is 12.5 Å².